The van der Waals surface area contributed by atoms with Crippen molar-refractivity contribution in [1.29, 1.82) is 0 Å². The van der Waals surface area contributed by atoms with Gasteiger partial charge in [0.05, 0.1) is 11.6 Å². The fourth-order valence-electron chi connectivity index (χ4n) is 2.05. The lowest BCUT2D eigenvalue weighted by Gasteiger charge is -2.30. The molecule has 16 heavy (non-hydrogen) atoms. The number of fused-ring (bicyclic) bond motifs is 1. The summed E-state index contributed by atoms with van der Waals surface area (Å²) in [7, 11) is 0. The molecule has 3 heterocycles. The van der Waals surface area contributed by atoms with Crippen LogP contribution in [0, 0.1) is 0 Å². The first-order chi connectivity index (χ1) is 7.83. The molecular weight excluding hydrogens is 204 g/mol. The summed E-state index contributed by atoms with van der Waals surface area (Å²) in [6.07, 6.45) is 3.73. The summed E-state index contributed by atoms with van der Waals surface area (Å²) in [6, 6.07) is 4.34. The molecule has 0 unspecified atom stereocenters. The monoisotopic (exact) mass is 218 g/mol. The van der Waals surface area contributed by atoms with E-state index in [2.05, 4.69) is 15.0 Å². The topological polar surface area (TPSA) is 68.2 Å². The molecular formula is C11H14N4O. The lowest BCUT2D eigenvalue weighted by atomic mass is 10.1. The number of hydrogen-bond donors (Lipinski definition) is 1. The van der Waals surface area contributed by atoms with Crippen molar-refractivity contribution in [1.82, 2.24) is 10.1 Å². The van der Waals surface area contributed by atoms with Crippen LogP contribution in [-0.2, 0) is 0 Å². The molecule has 0 amide bonds. The Bertz CT molecular complexity index is 487. The predicted octanol–water partition coefficient (Wildman–Crippen LogP) is 1.15. The van der Waals surface area contributed by atoms with Crippen LogP contribution in [0.4, 0.5) is 5.82 Å². The van der Waals surface area contributed by atoms with Gasteiger partial charge in [-0.05, 0) is 25.0 Å². The lowest BCUT2D eigenvalue weighted by molar-refractivity contribution is 0.447. The Morgan fingerprint density at radius 3 is 2.94 bits per heavy atom. The van der Waals surface area contributed by atoms with E-state index in [9.17, 15) is 0 Å². The van der Waals surface area contributed by atoms with E-state index < -0.39 is 0 Å². The third-order valence-electron chi connectivity index (χ3n) is 3.07. The molecule has 0 aliphatic carbocycles. The molecule has 2 aromatic heterocycles. The summed E-state index contributed by atoms with van der Waals surface area (Å²) in [4.78, 5) is 6.68. The maximum Gasteiger partial charge on any atom is 0.259 e. The van der Waals surface area contributed by atoms with Gasteiger partial charge in [-0.25, -0.2) is 0 Å². The van der Waals surface area contributed by atoms with Crippen molar-refractivity contribution < 1.29 is 4.52 Å². The second-order valence-electron chi connectivity index (χ2n) is 4.21. The summed E-state index contributed by atoms with van der Waals surface area (Å²) >= 11 is 0. The van der Waals surface area contributed by atoms with Gasteiger partial charge in [0, 0.05) is 19.1 Å². The SMILES string of the molecule is NC1CCN(c2ccc3cnoc3n2)CC1. The molecule has 0 atom stereocenters. The average Bonchev–Trinajstić information content (AvgIpc) is 2.77. The fraction of sp³-hybridized carbons (Fsp3) is 0.455. The number of hydrogen-bond acceptors (Lipinski definition) is 5. The molecule has 1 aliphatic heterocycles. The summed E-state index contributed by atoms with van der Waals surface area (Å²) in [5.74, 6) is 0.955. The van der Waals surface area contributed by atoms with Gasteiger partial charge in [-0.1, -0.05) is 5.16 Å². The highest BCUT2D eigenvalue weighted by molar-refractivity contribution is 5.73. The Balaban J connectivity index is 1.87. The van der Waals surface area contributed by atoms with Crippen molar-refractivity contribution in [2.45, 2.75) is 18.9 Å². The van der Waals surface area contributed by atoms with E-state index in [0.717, 1.165) is 37.1 Å². The van der Waals surface area contributed by atoms with Gasteiger partial charge in [0.1, 0.15) is 5.82 Å². The van der Waals surface area contributed by atoms with Crippen molar-refractivity contribution >= 4 is 16.9 Å². The van der Waals surface area contributed by atoms with Crippen LogP contribution in [0.1, 0.15) is 12.8 Å². The zero-order valence-electron chi connectivity index (χ0n) is 8.97. The highest BCUT2D eigenvalue weighted by Crippen LogP contribution is 2.20. The molecule has 0 aromatic carbocycles. The third-order valence-corrected chi connectivity index (χ3v) is 3.07. The Labute approximate surface area is 93.2 Å². The number of nitrogens with two attached hydrogens (primary N) is 1. The van der Waals surface area contributed by atoms with E-state index in [4.69, 9.17) is 10.3 Å². The third kappa shape index (κ3) is 1.63. The first kappa shape index (κ1) is 9.59. The predicted molar refractivity (Wildman–Crippen MR) is 61.2 cm³/mol. The van der Waals surface area contributed by atoms with Crippen LogP contribution in [0.3, 0.4) is 0 Å². The van der Waals surface area contributed by atoms with Crippen LogP contribution >= 0.6 is 0 Å². The zero-order valence-corrected chi connectivity index (χ0v) is 8.97. The first-order valence-electron chi connectivity index (χ1n) is 5.55. The number of aromatic nitrogens is 2. The van der Waals surface area contributed by atoms with Crippen molar-refractivity contribution in [3.63, 3.8) is 0 Å². The van der Waals surface area contributed by atoms with E-state index >= 15 is 0 Å². The van der Waals surface area contributed by atoms with Gasteiger partial charge in [0.25, 0.3) is 5.71 Å². The van der Waals surface area contributed by atoms with Gasteiger partial charge in [-0.15, -0.1) is 0 Å². The number of pyridine rings is 1. The highest BCUT2D eigenvalue weighted by Gasteiger charge is 2.17. The maximum absolute atomic E-state index is 5.87. The minimum atomic E-state index is 0.338. The van der Waals surface area contributed by atoms with E-state index in [1.807, 2.05) is 12.1 Å². The molecule has 2 aromatic rings. The summed E-state index contributed by atoms with van der Waals surface area (Å²) in [5, 5.41) is 4.67. The standard InChI is InChI=1S/C11H14N4O/c12-9-3-5-15(6-4-9)10-2-1-8-7-13-16-11(8)14-10/h1-2,7,9H,3-6,12H2. The van der Waals surface area contributed by atoms with Gasteiger partial charge >= 0.3 is 0 Å². The lowest BCUT2D eigenvalue weighted by Crippen LogP contribution is -2.40. The quantitative estimate of drug-likeness (QED) is 0.777. The average molecular weight is 218 g/mol. The van der Waals surface area contributed by atoms with E-state index in [1.54, 1.807) is 6.20 Å². The molecule has 1 aliphatic rings. The number of rotatable bonds is 1. The molecule has 0 spiro atoms. The molecule has 0 saturated carbocycles. The van der Waals surface area contributed by atoms with Crippen molar-refractivity contribution in [2.75, 3.05) is 18.0 Å². The molecule has 3 rings (SSSR count). The second-order valence-corrected chi connectivity index (χ2v) is 4.21. The Hall–Kier alpha value is -1.62. The molecule has 5 nitrogen and oxygen atoms in total. The van der Waals surface area contributed by atoms with Crippen LogP contribution in [-0.4, -0.2) is 29.3 Å². The molecule has 1 fully saturated rings. The summed E-state index contributed by atoms with van der Waals surface area (Å²) in [5.41, 5.74) is 6.48. The van der Waals surface area contributed by atoms with Crippen molar-refractivity contribution in [3.05, 3.63) is 18.3 Å². The maximum atomic E-state index is 5.87. The minimum Gasteiger partial charge on any atom is -0.356 e. The van der Waals surface area contributed by atoms with Crippen LogP contribution in [0.25, 0.3) is 11.1 Å². The van der Waals surface area contributed by atoms with Crippen LogP contribution in [0.2, 0.25) is 0 Å². The van der Waals surface area contributed by atoms with Gasteiger partial charge in [0.2, 0.25) is 0 Å². The van der Waals surface area contributed by atoms with E-state index in [-0.39, 0.29) is 0 Å². The normalized spacial score (nSPS) is 18.2. The van der Waals surface area contributed by atoms with Crippen molar-refractivity contribution in [3.8, 4) is 0 Å². The fourth-order valence-corrected chi connectivity index (χ4v) is 2.05. The molecule has 5 heteroatoms. The van der Waals surface area contributed by atoms with Crippen LogP contribution in [0.5, 0.6) is 0 Å². The number of nitrogens with zero attached hydrogens (tertiary/aromatic N) is 3. The van der Waals surface area contributed by atoms with E-state index in [0.29, 0.717) is 11.8 Å². The molecule has 0 radical (unpaired) electrons. The first-order valence-corrected chi connectivity index (χ1v) is 5.55. The van der Waals surface area contributed by atoms with Gasteiger partial charge in [-0.2, -0.15) is 4.98 Å². The summed E-state index contributed by atoms with van der Waals surface area (Å²) < 4.78 is 5.06. The molecule has 0 bridgehead atoms. The zero-order chi connectivity index (χ0) is 11.0. The summed E-state index contributed by atoms with van der Waals surface area (Å²) in [6.45, 7) is 1.93. The second kappa shape index (κ2) is 3.75. The number of anilines is 1. The number of piperidine rings is 1. The Morgan fingerprint density at radius 1 is 1.31 bits per heavy atom. The van der Waals surface area contributed by atoms with Gasteiger partial charge in [-0.3, -0.25) is 0 Å². The minimum absolute atomic E-state index is 0.338. The Morgan fingerprint density at radius 2 is 2.12 bits per heavy atom. The molecule has 1 saturated heterocycles. The van der Waals surface area contributed by atoms with Crippen LogP contribution in [0.15, 0.2) is 22.9 Å². The largest absolute Gasteiger partial charge is 0.356 e. The highest BCUT2D eigenvalue weighted by atomic mass is 16.5. The van der Waals surface area contributed by atoms with Crippen molar-refractivity contribution in [2.24, 2.45) is 5.73 Å². The molecule has 84 valence electrons. The Kier molecular flexibility index (Phi) is 2.25. The smallest absolute Gasteiger partial charge is 0.259 e. The van der Waals surface area contributed by atoms with E-state index in [1.165, 1.54) is 0 Å². The van der Waals surface area contributed by atoms with Gasteiger partial charge < -0.3 is 15.2 Å². The van der Waals surface area contributed by atoms with Crippen LogP contribution < -0.4 is 10.6 Å². The van der Waals surface area contributed by atoms with Gasteiger partial charge in [0.15, 0.2) is 0 Å². The molecule has 2 N–H and O–H groups in total.